The maximum atomic E-state index is 14.8. The molecular weight excluding hydrogens is 598 g/mol. The van der Waals surface area contributed by atoms with Gasteiger partial charge in [0.15, 0.2) is 17.2 Å². The van der Waals surface area contributed by atoms with E-state index in [9.17, 15) is 31.1 Å². The highest BCUT2D eigenvalue weighted by molar-refractivity contribution is 5.87. The number of carbonyl (C=O) groups is 1. The number of carboxylic acids is 1. The first-order chi connectivity index (χ1) is 20.8. The van der Waals surface area contributed by atoms with Gasteiger partial charge in [-0.05, 0) is 68.7 Å². The van der Waals surface area contributed by atoms with Crippen LogP contribution in [0.25, 0.3) is 5.69 Å². The fourth-order valence-corrected chi connectivity index (χ4v) is 5.28. The van der Waals surface area contributed by atoms with Crippen LogP contribution in [0.15, 0.2) is 60.7 Å². The van der Waals surface area contributed by atoms with Gasteiger partial charge in [-0.2, -0.15) is 18.3 Å². The molecule has 230 valence electrons. The standard InChI is InChI=1S/C30H22F6N2O6/c1-15(21-13-24-25(14-22(21)31)44-30(35,36)43-24)41-19-5-2-4-17(12-19)38-26-20(27(37-38)29(32,33)34)6-3-7-23(26)42-18-10-8-16(9-11-18)28(39)40/h2,4-5,8-15,23H,3,6-7H2,1H3,(H,39,40)/t15-,23-/m0/s1. The molecule has 1 aliphatic carbocycles. The van der Waals surface area contributed by atoms with Crippen molar-refractivity contribution < 1.29 is 55.2 Å². The van der Waals surface area contributed by atoms with E-state index in [1.807, 2.05) is 0 Å². The van der Waals surface area contributed by atoms with Gasteiger partial charge in [0.25, 0.3) is 0 Å². The topological polar surface area (TPSA) is 92.0 Å². The third-order valence-electron chi connectivity index (χ3n) is 7.20. The smallest absolute Gasteiger partial charge is 0.486 e. The van der Waals surface area contributed by atoms with Gasteiger partial charge < -0.3 is 24.1 Å². The monoisotopic (exact) mass is 620 g/mol. The van der Waals surface area contributed by atoms with Gasteiger partial charge in [-0.3, -0.25) is 0 Å². The lowest BCUT2D eigenvalue weighted by atomic mass is 9.93. The van der Waals surface area contributed by atoms with Crippen molar-refractivity contribution in [2.24, 2.45) is 0 Å². The Balaban J connectivity index is 1.32. The van der Waals surface area contributed by atoms with E-state index >= 15 is 0 Å². The largest absolute Gasteiger partial charge is 0.586 e. The summed E-state index contributed by atoms with van der Waals surface area (Å²) in [7, 11) is 0. The molecule has 0 unspecified atom stereocenters. The van der Waals surface area contributed by atoms with Gasteiger partial charge in [-0.25, -0.2) is 13.9 Å². The van der Waals surface area contributed by atoms with Crippen LogP contribution in [-0.4, -0.2) is 27.2 Å². The van der Waals surface area contributed by atoms with E-state index in [0.717, 1.165) is 16.8 Å². The molecule has 0 fully saturated rings. The average molecular weight is 621 g/mol. The zero-order chi connectivity index (χ0) is 31.4. The van der Waals surface area contributed by atoms with Crippen molar-refractivity contribution in [3.63, 3.8) is 0 Å². The number of hydrogen-bond acceptors (Lipinski definition) is 6. The lowest BCUT2D eigenvalue weighted by Crippen LogP contribution is -2.25. The summed E-state index contributed by atoms with van der Waals surface area (Å²) in [6.07, 6.45) is -9.69. The van der Waals surface area contributed by atoms with E-state index in [1.54, 1.807) is 0 Å². The minimum Gasteiger partial charge on any atom is -0.486 e. The molecule has 1 N–H and O–H groups in total. The number of hydrogen-bond donors (Lipinski definition) is 1. The molecule has 1 aliphatic heterocycles. The SMILES string of the molecule is C[C@H](Oc1cccc(-n2nc(C(F)(F)F)c3c2[C@@H](Oc2ccc(C(=O)O)cc2)CCC3)c1)c1cc2c(cc1F)OC(F)(F)O2. The number of halogens is 6. The summed E-state index contributed by atoms with van der Waals surface area (Å²) in [6, 6.07) is 13.2. The Kier molecular flexibility index (Phi) is 7.09. The van der Waals surface area contributed by atoms with Crippen molar-refractivity contribution >= 4 is 5.97 Å². The van der Waals surface area contributed by atoms with Crippen LogP contribution in [0.5, 0.6) is 23.0 Å². The summed E-state index contributed by atoms with van der Waals surface area (Å²) in [5, 5.41) is 13.1. The first-order valence-corrected chi connectivity index (χ1v) is 13.3. The van der Waals surface area contributed by atoms with Crippen LogP contribution in [0.2, 0.25) is 0 Å². The van der Waals surface area contributed by atoms with Crippen molar-refractivity contribution in [3.8, 4) is 28.7 Å². The Morgan fingerprint density at radius 3 is 2.45 bits per heavy atom. The highest BCUT2D eigenvalue weighted by Crippen LogP contribution is 2.44. The number of ether oxygens (including phenoxy) is 4. The molecule has 14 heteroatoms. The molecule has 3 aromatic carbocycles. The summed E-state index contributed by atoms with van der Waals surface area (Å²) in [5.41, 5.74) is -0.789. The molecule has 1 aromatic heterocycles. The van der Waals surface area contributed by atoms with Crippen LogP contribution in [0.4, 0.5) is 26.3 Å². The zero-order valence-electron chi connectivity index (χ0n) is 22.7. The fraction of sp³-hybridized carbons (Fsp3) is 0.267. The first-order valence-electron chi connectivity index (χ1n) is 13.3. The normalized spacial score (nSPS) is 17.6. The van der Waals surface area contributed by atoms with Crippen LogP contribution >= 0.6 is 0 Å². The third kappa shape index (κ3) is 5.58. The Morgan fingerprint density at radius 2 is 1.77 bits per heavy atom. The molecule has 0 saturated heterocycles. The van der Waals surface area contributed by atoms with Crippen LogP contribution in [0.1, 0.15) is 64.8 Å². The van der Waals surface area contributed by atoms with Crippen molar-refractivity contribution in [2.75, 3.05) is 0 Å². The summed E-state index contributed by atoms with van der Waals surface area (Å²) < 4.78 is 106. The summed E-state index contributed by atoms with van der Waals surface area (Å²) in [4.78, 5) is 11.2. The molecular formula is C30H22F6N2O6. The van der Waals surface area contributed by atoms with Crippen molar-refractivity contribution in [1.82, 2.24) is 9.78 Å². The highest BCUT2D eigenvalue weighted by atomic mass is 19.4. The van der Waals surface area contributed by atoms with Gasteiger partial charge in [0, 0.05) is 23.3 Å². The molecule has 0 saturated carbocycles. The van der Waals surface area contributed by atoms with E-state index < -0.39 is 47.9 Å². The Hall–Kier alpha value is -4.88. The van der Waals surface area contributed by atoms with Gasteiger partial charge in [0.1, 0.15) is 29.5 Å². The molecule has 2 atom stereocenters. The number of nitrogens with zero attached hydrogens (tertiary/aromatic N) is 2. The zero-order valence-corrected chi connectivity index (χ0v) is 22.7. The van der Waals surface area contributed by atoms with E-state index in [-0.39, 0.29) is 51.7 Å². The summed E-state index contributed by atoms with van der Waals surface area (Å²) in [6.45, 7) is 1.46. The fourth-order valence-electron chi connectivity index (χ4n) is 5.28. The van der Waals surface area contributed by atoms with Crippen molar-refractivity contribution in [3.05, 3.63) is 94.6 Å². The lowest BCUT2D eigenvalue weighted by Gasteiger charge is -2.26. The molecule has 4 aromatic rings. The highest BCUT2D eigenvalue weighted by Gasteiger charge is 2.44. The molecule has 2 heterocycles. The van der Waals surface area contributed by atoms with Crippen molar-refractivity contribution in [2.45, 2.75) is 50.9 Å². The average Bonchev–Trinajstić information content (AvgIpc) is 3.50. The van der Waals surface area contributed by atoms with Gasteiger partial charge in [-0.1, -0.05) is 6.07 Å². The number of alkyl halides is 5. The van der Waals surface area contributed by atoms with Gasteiger partial charge >= 0.3 is 18.4 Å². The van der Waals surface area contributed by atoms with E-state index in [4.69, 9.17) is 14.6 Å². The van der Waals surface area contributed by atoms with Crippen molar-refractivity contribution in [1.29, 1.82) is 0 Å². The van der Waals surface area contributed by atoms with Gasteiger partial charge in [-0.15, -0.1) is 8.78 Å². The molecule has 44 heavy (non-hydrogen) atoms. The van der Waals surface area contributed by atoms with E-state index in [1.165, 1.54) is 55.5 Å². The second-order valence-electron chi connectivity index (χ2n) is 10.2. The summed E-state index contributed by atoms with van der Waals surface area (Å²) in [5.74, 6) is -2.47. The van der Waals surface area contributed by atoms with Crippen LogP contribution in [-0.2, 0) is 12.6 Å². The molecule has 0 radical (unpaired) electrons. The van der Waals surface area contributed by atoms with Gasteiger partial charge in [0.05, 0.1) is 16.9 Å². The quantitative estimate of drug-likeness (QED) is 0.212. The Morgan fingerprint density at radius 1 is 1.07 bits per heavy atom. The van der Waals surface area contributed by atoms with Gasteiger partial charge in [0.2, 0.25) is 0 Å². The number of benzene rings is 3. The molecule has 0 bridgehead atoms. The molecule has 8 nitrogen and oxygen atoms in total. The Bertz CT molecular complexity index is 1740. The second-order valence-corrected chi connectivity index (χ2v) is 10.2. The number of rotatable bonds is 7. The molecule has 0 amide bonds. The number of aromatic carboxylic acids is 1. The number of fused-ring (bicyclic) bond motifs is 2. The van der Waals surface area contributed by atoms with Crippen LogP contribution in [0, 0.1) is 5.82 Å². The maximum Gasteiger partial charge on any atom is 0.586 e. The minimum atomic E-state index is -4.75. The van der Waals surface area contributed by atoms with E-state index in [2.05, 4.69) is 14.6 Å². The van der Waals surface area contributed by atoms with Crippen LogP contribution in [0.3, 0.4) is 0 Å². The maximum absolute atomic E-state index is 14.8. The second kappa shape index (κ2) is 10.7. The predicted octanol–water partition coefficient (Wildman–Crippen LogP) is 7.65. The first kappa shape index (κ1) is 29.2. The molecule has 6 rings (SSSR count). The Labute approximate surface area is 245 Å². The van der Waals surface area contributed by atoms with E-state index in [0.29, 0.717) is 12.8 Å². The van der Waals surface area contributed by atoms with Crippen LogP contribution < -0.4 is 18.9 Å². The summed E-state index contributed by atoms with van der Waals surface area (Å²) >= 11 is 0. The molecule has 2 aliphatic rings. The molecule has 0 spiro atoms. The lowest BCUT2D eigenvalue weighted by molar-refractivity contribution is -0.286. The third-order valence-corrected chi connectivity index (χ3v) is 7.20. The number of aromatic nitrogens is 2. The minimum absolute atomic E-state index is 0.0187. The number of carboxylic acid groups (broad SMARTS) is 1. The predicted molar refractivity (Wildman–Crippen MR) is 140 cm³/mol.